The standard InChI is InChI=1S/C14H22N4O3/c1-3-5-16-12-9-10(8-11(4-2)18-12)13(19)17-6-7-21-14(15)20/h8-9H,3-7H2,1-2H3,(H2,15,20)(H,16,18)(H,17,19). The molecule has 1 aromatic heterocycles. The molecule has 1 rings (SSSR count). The van der Waals surface area contributed by atoms with E-state index in [9.17, 15) is 9.59 Å². The molecule has 2 amide bonds. The highest BCUT2D eigenvalue weighted by molar-refractivity contribution is 5.95. The Morgan fingerprint density at radius 3 is 2.67 bits per heavy atom. The van der Waals surface area contributed by atoms with Gasteiger partial charge >= 0.3 is 6.09 Å². The Kier molecular flexibility index (Phi) is 7.00. The van der Waals surface area contributed by atoms with Gasteiger partial charge in [-0.2, -0.15) is 0 Å². The van der Waals surface area contributed by atoms with Gasteiger partial charge in [0.2, 0.25) is 0 Å². The quantitative estimate of drug-likeness (QED) is 0.626. The molecule has 1 heterocycles. The van der Waals surface area contributed by atoms with E-state index in [4.69, 9.17) is 5.73 Å². The van der Waals surface area contributed by atoms with Crippen LogP contribution >= 0.6 is 0 Å². The van der Waals surface area contributed by atoms with Crippen molar-refractivity contribution in [2.75, 3.05) is 25.0 Å². The van der Waals surface area contributed by atoms with Gasteiger partial charge in [0, 0.05) is 17.8 Å². The maximum absolute atomic E-state index is 12.0. The molecule has 0 aromatic carbocycles. The van der Waals surface area contributed by atoms with Gasteiger partial charge < -0.3 is 21.1 Å². The van der Waals surface area contributed by atoms with E-state index in [0.717, 1.165) is 25.1 Å². The number of nitrogens with zero attached hydrogens (tertiary/aromatic N) is 1. The lowest BCUT2D eigenvalue weighted by Gasteiger charge is -2.10. The van der Waals surface area contributed by atoms with Gasteiger partial charge in [-0.05, 0) is 25.0 Å². The zero-order chi connectivity index (χ0) is 15.7. The molecule has 0 atom stereocenters. The fraction of sp³-hybridized carbons (Fsp3) is 0.500. The Labute approximate surface area is 124 Å². The van der Waals surface area contributed by atoms with Gasteiger partial charge in [-0.15, -0.1) is 0 Å². The Morgan fingerprint density at radius 1 is 1.29 bits per heavy atom. The number of nitrogens with two attached hydrogens (primary N) is 1. The fourth-order valence-corrected chi connectivity index (χ4v) is 1.66. The molecular formula is C14H22N4O3. The first-order valence-corrected chi connectivity index (χ1v) is 7.02. The lowest BCUT2D eigenvalue weighted by atomic mass is 10.2. The smallest absolute Gasteiger partial charge is 0.404 e. The number of anilines is 1. The molecule has 0 radical (unpaired) electrons. The van der Waals surface area contributed by atoms with Crippen LogP contribution in [0.25, 0.3) is 0 Å². The molecule has 0 fully saturated rings. The van der Waals surface area contributed by atoms with Gasteiger partial charge in [-0.25, -0.2) is 9.78 Å². The normalized spacial score (nSPS) is 10.0. The summed E-state index contributed by atoms with van der Waals surface area (Å²) in [6.07, 6.45) is 0.865. The summed E-state index contributed by atoms with van der Waals surface area (Å²) < 4.78 is 4.55. The number of carbonyl (C=O) groups is 2. The highest BCUT2D eigenvalue weighted by atomic mass is 16.5. The summed E-state index contributed by atoms with van der Waals surface area (Å²) in [5, 5.41) is 5.83. The van der Waals surface area contributed by atoms with Crippen LogP contribution in [-0.4, -0.2) is 36.7 Å². The van der Waals surface area contributed by atoms with Crippen LogP contribution in [0.5, 0.6) is 0 Å². The number of rotatable bonds is 8. The molecule has 0 aliphatic rings. The molecular weight excluding hydrogens is 272 g/mol. The Morgan fingerprint density at radius 2 is 2.05 bits per heavy atom. The van der Waals surface area contributed by atoms with E-state index >= 15 is 0 Å². The minimum atomic E-state index is -0.854. The number of amides is 2. The van der Waals surface area contributed by atoms with Crippen molar-refractivity contribution in [3.8, 4) is 0 Å². The highest BCUT2D eigenvalue weighted by Crippen LogP contribution is 2.11. The maximum Gasteiger partial charge on any atom is 0.404 e. The predicted molar refractivity (Wildman–Crippen MR) is 80.3 cm³/mol. The number of hydrogen-bond acceptors (Lipinski definition) is 5. The lowest BCUT2D eigenvalue weighted by molar-refractivity contribution is 0.0936. The third-order valence-electron chi connectivity index (χ3n) is 2.69. The van der Waals surface area contributed by atoms with Crippen LogP contribution in [0.15, 0.2) is 12.1 Å². The zero-order valence-electron chi connectivity index (χ0n) is 12.4. The fourth-order valence-electron chi connectivity index (χ4n) is 1.66. The van der Waals surface area contributed by atoms with Crippen LogP contribution in [-0.2, 0) is 11.2 Å². The minimum Gasteiger partial charge on any atom is -0.448 e. The number of aryl methyl sites for hydroxylation is 1. The number of nitrogens with one attached hydrogen (secondary N) is 2. The van der Waals surface area contributed by atoms with E-state index in [1.165, 1.54) is 0 Å². The molecule has 7 nitrogen and oxygen atoms in total. The van der Waals surface area contributed by atoms with E-state index in [1.54, 1.807) is 12.1 Å². The van der Waals surface area contributed by atoms with Crippen LogP contribution in [0, 0.1) is 0 Å². The Balaban J connectivity index is 2.66. The Hall–Kier alpha value is -2.31. The third kappa shape index (κ3) is 6.11. The molecule has 0 unspecified atom stereocenters. The molecule has 4 N–H and O–H groups in total. The van der Waals surface area contributed by atoms with Crippen molar-refractivity contribution in [1.29, 1.82) is 0 Å². The second-order valence-electron chi connectivity index (χ2n) is 4.44. The first kappa shape index (κ1) is 16.7. The second-order valence-corrected chi connectivity index (χ2v) is 4.44. The van der Waals surface area contributed by atoms with Crippen molar-refractivity contribution in [2.45, 2.75) is 26.7 Å². The van der Waals surface area contributed by atoms with Crippen LogP contribution in [0.3, 0.4) is 0 Å². The van der Waals surface area contributed by atoms with Gasteiger partial charge in [0.1, 0.15) is 12.4 Å². The molecule has 0 saturated heterocycles. The van der Waals surface area contributed by atoms with Crippen molar-refractivity contribution < 1.29 is 14.3 Å². The largest absolute Gasteiger partial charge is 0.448 e. The van der Waals surface area contributed by atoms with Crippen LogP contribution in [0.2, 0.25) is 0 Å². The average molecular weight is 294 g/mol. The minimum absolute atomic E-state index is 0.0493. The molecule has 0 spiro atoms. The number of primary amides is 1. The summed E-state index contributed by atoms with van der Waals surface area (Å²) in [5.74, 6) is 0.453. The van der Waals surface area contributed by atoms with E-state index in [-0.39, 0.29) is 19.1 Å². The van der Waals surface area contributed by atoms with Crippen molar-refractivity contribution >= 4 is 17.8 Å². The van der Waals surface area contributed by atoms with Gasteiger partial charge in [-0.1, -0.05) is 13.8 Å². The van der Waals surface area contributed by atoms with Crippen molar-refractivity contribution in [2.24, 2.45) is 5.73 Å². The van der Waals surface area contributed by atoms with Crippen LogP contribution in [0.1, 0.15) is 36.3 Å². The van der Waals surface area contributed by atoms with Crippen molar-refractivity contribution in [3.63, 3.8) is 0 Å². The number of aromatic nitrogens is 1. The third-order valence-corrected chi connectivity index (χ3v) is 2.69. The van der Waals surface area contributed by atoms with E-state index in [2.05, 4.69) is 27.3 Å². The molecule has 1 aromatic rings. The van der Waals surface area contributed by atoms with Crippen LogP contribution in [0.4, 0.5) is 10.6 Å². The summed E-state index contributed by atoms with van der Waals surface area (Å²) in [6, 6.07) is 3.46. The van der Waals surface area contributed by atoms with E-state index in [0.29, 0.717) is 11.4 Å². The summed E-state index contributed by atoms with van der Waals surface area (Å²) in [6.45, 7) is 5.10. The summed E-state index contributed by atoms with van der Waals surface area (Å²) in [4.78, 5) is 26.9. The van der Waals surface area contributed by atoms with E-state index < -0.39 is 6.09 Å². The topological polar surface area (TPSA) is 106 Å². The predicted octanol–water partition coefficient (Wildman–Crippen LogP) is 1.29. The van der Waals surface area contributed by atoms with Gasteiger partial charge in [0.05, 0.1) is 6.54 Å². The number of ether oxygens (including phenoxy) is 1. The molecule has 116 valence electrons. The zero-order valence-corrected chi connectivity index (χ0v) is 12.4. The average Bonchev–Trinajstić information content (AvgIpc) is 2.48. The molecule has 0 aliphatic heterocycles. The summed E-state index contributed by atoms with van der Waals surface area (Å²) >= 11 is 0. The number of pyridine rings is 1. The van der Waals surface area contributed by atoms with Gasteiger partial charge in [-0.3, -0.25) is 4.79 Å². The molecule has 7 heteroatoms. The highest BCUT2D eigenvalue weighted by Gasteiger charge is 2.09. The van der Waals surface area contributed by atoms with E-state index in [1.807, 2.05) is 6.92 Å². The molecule has 0 saturated carbocycles. The van der Waals surface area contributed by atoms with Gasteiger partial charge in [0.25, 0.3) is 5.91 Å². The van der Waals surface area contributed by atoms with Crippen LogP contribution < -0.4 is 16.4 Å². The SMILES string of the molecule is CCCNc1cc(C(=O)NCCOC(N)=O)cc(CC)n1. The molecule has 0 bridgehead atoms. The lowest BCUT2D eigenvalue weighted by Crippen LogP contribution is -2.29. The monoisotopic (exact) mass is 294 g/mol. The molecule has 0 aliphatic carbocycles. The second kappa shape index (κ2) is 8.78. The molecule has 21 heavy (non-hydrogen) atoms. The van der Waals surface area contributed by atoms with Gasteiger partial charge in [0.15, 0.2) is 0 Å². The number of carbonyl (C=O) groups excluding carboxylic acids is 2. The van der Waals surface area contributed by atoms with Crippen molar-refractivity contribution in [1.82, 2.24) is 10.3 Å². The number of hydrogen-bond donors (Lipinski definition) is 3. The summed E-state index contributed by atoms with van der Waals surface area (Å²) in [7, 11) is 0. The first-order chi connectivity index (χ1) is 10.1. The maximum atomic E-state index is 12.0. The summed E-state index contributed by atoms with van der Waals surface area (Å²) in [5.41, 5.74) is 6.20. The first-order valence-electron chi connectivity index (χ1n) is 7.02. The van der Waals surface area contributed by atoms with Crippen molar-refractivity contribution in [3.05, 3.63) is 23.4 Å². The Bertz CT molecular complexity index is 491.